The van der Waals surface area contributed by atoms with E-state index in [0.29, 0.717) is 13.2 Å². The van der Waals surface area contributed by atoms with Crippen LogP contribution in [0.15, 0.2) is 47.1 Å². The fourth-order valence-corrected chi connectivity index (χ4v) is 1.56. The van der Waals surface area contributed by atoms with E-state index in [1.165, 1.54) is 5.56 Å². The van der Waals surface area contributed by atoms with Crippen molar-refractivity contribution < 1.29 is 4.74 Å². The summed E-state index contributed by atoms with van der Waals surface area (Å²) in [5.74, 6) is 0. The van der Waals surface area contributed by atoms with Gasteiger partial charge in [-0.25, -0.2) is 0 Å². The van der Waals surface area contributed by atoms with Crippen molar-refractivity contribution in [2.24, 2.45) is 4.99 Å². The normalized spacial score (nSPS) is 15.0. The van der Waals surface area contributed by atoms with E-state index < -0.39 is 0 Å². The Morgan fingerprint density at radius 2 is 2.00 bits per heavy atom. The van der Waals surface area contributed by atoms with E-state index in [0.717, 1.165) is 17.8 Å². The van der Waals surface area contributed by atoms with Crippen molar-refractivity contribution in [1.82, 2.24) is 0 Å². The fraction of sp³-hybridized carbons (Fsp3) is 0.308. The lowest BCUT2D eigenvalue weighted by molar-refractivity contribution is 0.157. The highest BCUT2D eigenvalue weighted by atomic mass is 16.5. The molecule has 0 N–H and O–H groups in total. The Labute approximate surface area is 90.3 Å². The number of benzene rings is 1. The molecule has 0 fully saturated rings. The van der Waals surface area contributed by atoms with Gasteiger partial charge in [0.15, 0.2) is 0 Å². The quantitative estimate of drug-likeness (QED) is 0.734. The van der Waals surface area contributed by atoms with E-state index in [1.54, 1.807) is 0 Å². The summed E-state index contributed by atoms with van der Waals surface area (Å²) in [4.78, 5) is 4.37. The third kappa shape index (κ3) is 3.03. The van der Waals surface area contributed by atoms with Crippen molar-refractivity contribution in [3.63, 3.8) is 0 Å². The average Bonchev–Trinajstić information content (AvgIpc) is 2.66. The molecule has 1 aliphatic rings. The van der Waals surface area contributed by atoms with Crippen LogP contribution in [0.25, 0.3) is 0 Å². The molecule has 0 spiro atoms. The lowest BCUT2D eigenvalue weighted by atomic mass is 10.2. The molecule has 1 aromatic carbocycles. The van der Waals surface area contributed by atoms with Crippen molar-refractivity contribution in [1.29, 1.82) is 0 Å². The van der Waals surface area contributed by atoms with E-state index in [9.17, 15) is 0 Å². The third-order valence-electron chi connectivity index (χ3n) is 2.35. The van der Waals surface area contributed by atoms with E-state index in [1.807, 2.05) is 25.1 Å². The highest BCUT2D eigenvalue weighted by Gasteiger charge is 2.04. The molecule has 2 rings (SSSR count). The second kappa shape index (κ2) is 4.89. The van der Waals surface area contributed by atoms with E-state index in [2.05, 4.69) is 23.2 Å². The summed E-state index contributed by atoms with van der Waals surface area (Å²) in [5, 5.41) is 0. The Morgan fingerprint density at radius 1 is 1.20 bits per heavy atom. The zero-order valence-electron chi connectivity index (χ0n) is 8.94. The van der Waals surface area contributed by atoms with Crippen molar-refractivity contribution in [3.05, 3.63) is 47.7 Å². The number of rotatable bonds is 4. The summed E-state index contributed by atoms with van der Waals surface area (Å²) in [7, 11) is 0. The Kier molecular flexibility index (Phi) is 3.30. The zero-order chi connectivity index (χ0) is 10.5. The maximum Gasteiger partial charge on any atom is 0.0856 e. The van der Waals surface area contributed by atoms with Crippen LogP contribution >= 0.6 is 0 Å². The fourth-order valence-electron chi connectivity index (χ4n) is 1.56. The number of allylic oxidation sites excluding steroid dienone is 2. The number of hydrogen-bond donors (Lipinski definition) is 0. The van der Waals surface area contributed by atoms with Crippen LogP contribution in [0.4, 0.5) is 0 Å². The second-order valence-corrected chi connectivity index (χ2v) is 3.71. The van der Waals surface area contributed by atoms with E-state index >= 15 is 0 Å². The van der Waals surface area contributed by atoms with E-state index in [-0.39, 0.29) is 0 Å². The molecule has 0 aromatic heterocycles. The van der Waals surface area contributed by atoms with Crippen LogP contribution in [0.3, 0.4) is 0 Å². The minimum Gasteiger partial charge on any atom is -0.371 e. The summed E-state index contributed by atoms with van der Waals surface area (Å²) < 4.78 is 5.59. The maximum atomic E-state index is 5.59. The molecule has 0 radical (unpaired) electrons. The summed E-state index contributed by atoms with van der Waals surface area (Å²) in [6, 6.07) is 10.2. The monoisotopic (exact) mass is 201 g/mol. The van der Waals surface area contributed by atoms with Crippen molar-refractivity contribution in [2.75, 3.05) is 6.61 Å². The first-order chi connectivity index (χ1) is 7.34. The molecular formula is C13H15NO. The van der Waals surface area contributed by atoms with Crippen molar-refractivity contribution in [3.8, 4) is 0 Å². The molecule has 0 unspecified atom stereocenters. The van der Waals surface area contributed by atoms with E-state index in [4.69, 9.17) is 4.74 Å². The highest BCUT2D eigenvalue weighted by Crippen LogP contribution is 2.09. The summed E-state index contributed by atoms with van der Waals surface area (Å²) in [5.41, 5.74) is 3.44. The predicted molar refractivity (Wildman–Crippen MR) is 61.9 cm³/mol. The molecule has 1 aromatic rings. The predicted octanol–water partition coefficient (Wildman–Crippen LogP) is 2.95. The molecule has 2 heteroatoms. The van der Waals surface area contributed by atoms with Gasteiger partial charge in [0.25, 0.3) is 0 Å². The number of hydrogen-bond acceptors (Lipinski definition) is 2. The van der Waals surface area contributed by atoms with Gasteiger partial charge in [0.1, 0.15) is 0 Å². The highest BCUT2D eigenvalue weighted by molar-refractivity contribution is 5.89. The van der Waals surface area contributed by atoms with Gasteiger partial charge in [-0.15, -0.1) is 0 Å². The molecule has 0 aliphatic carbocycles. The number of aliphatic imine (C=N–C) groups is 1. The first-order valence-electron chi connectivity index (χ1n) is 5.19. The van der Waals surface area contributed by atoms with Crippen LogP contribution in [-0.2, 0) is 11.3 Å². The van der Waals surface area contributed by atoms with Gasteiger partial charge >= 0.3 is 0 Å². The smallest absolute Gasteiger partial charge is 0.0856 e. The first-order valence-corrected chi connectivity index (χ1v) is 5.19. The average molecular weight is 201 g/mol. The molecule has 0 amide bonds. The standard InChI is InChI=1S/C13H15NO/c1-11-7-8-13(14-11)10-15-9-12-5-3-2-4-6-12/h2-7H,8-10H2,1H3. The van der Waals surface area contributed by atoms with Gasteiger partial charge in [-0.3, -0.25) is 4.99 Å². The van der Waals surface area contributed by atoms with Gasteiger partial charge < -0.3 is 4.74 Å². The zero-order valence-corrected chi connectivity index (χ0v) is 8.94. The van der Waals surface area contributed by atoms with Crippen LogP contribution in [-0.4, -0.2) is 12.3 Å². The SMILES string of the molecule is CC1=CCC(COCc2ccccc2)=N1. The molecule has 78 valence electrons. The molecule has 15 heavy (non-hydrogen) atoms. The largest absolute Gasteiger partial charge is 0.371 e. The van der Waals surface area contributed by atoms with Gasteiger partial charge in [0.2, 0.25) is 0 Å². The summed E-state index contributed by atoms with van der Waals surface area (Å²) in [6.45, 7) is 3.33. The topological polar surface area (TPSA) is 21.6 Å². The van der Waals surface area contributed by atoms with Crippen LogP contribution < -0.4 is 0 Å². The molecule has 0 atom stereocenters. The first kappa shape index (κ1) is 10.1. The summed E-state index contributed by atoms with van der Waals surface area (Å²) >= 11 is 0. The van der Waals surface area contributed by atoms with Crippen LogP contribution in [0, 0.1) is 0 Å². The van der Waals surface area contributed by atoms with Gasteiger partial charge in [0.05, 0.1) is 13.2 Å². The Balaban J connectivity index is 1.75. The summed E-state index contributed by atoms with van der Waals surface area (Å²) in [6.07, 6.45) is 3.07. The van der Waals surface area contributed by atoms with Gasteiger partial charge in [-0.2, -0.15) is 0 Å². The minimum atomic E-state index is 0.642. The molecule has 0 saturated heterocycles. The number of nitrogens with zero attached hydrogens (tertiary/aromatic N) is 1. The van der Waals surface area contributed by atoms with Crippen LogP contribution in [0.2, 0.25) is 0 Å². The maximum absolute atomic E-state index is 5.59. The Bertz CT molecular complexity index is 379. The van der Waals surface area contributed by atoms with Crippen LogP contribution in [0.1, 0.15) is 18.9 Å². The van der Waals surface area contributed by atoms with Crippen molar-refractivity contribution in [2.45, 2.75) is 20.0 Å². The van der Waals surface area contributed by atoms with Crippen LogP contribution in [0.5, 0.6) is 0 Å². The van der Waals surface area contributed by atoms with Gasteiger partial charge in [0, 0.05) is 17.8 Å². The molecule has 1 heterocycles. The van der Waals surface area contributed by atoms with Gasteiger partial charge in [-0.1, -0.05) is 36.4 Å². The molecule has 0 saturated carbocycles. The molecule has 1 aliphatic heterocycles. The number of ether oxygens (including phenoxy) is 1. The lowest BCUT2D eigenvalue weighted by Gasteiger charge is -2.03. The molecular weight excluding hydrogens is 186 g/mol. The van der Waals surface area contributed by atoms with Gasteiger partial charge in [-0.05, 0) is 12.5 Å². The van der Waals surface area contributed by atoms with Crippen molar-refractivity contribution >= 4 is 5.71 Å². The lowest BCUT2D eigenvalue weighted by Crippen LogP contribution is -2.05. The molecule has 2 nitrogen and oxygen atoms in total. The Hall–Kier alpha value is -1.41. The third-order valence-corrected chi connectivity index (χ3v) is 2.35. The Morgan fingerprint density at radius 3 is 2.67 bits per heavy atom. The second-order valence-electron chi connectivity index (χ2n) is 3.71. The minimum absolute atomic E-state index is 0.642. The molecule has 0 bridgehead atoms.